The molecule has 4 rings (SSSR count). The zero-order valence-corrected chi connectivity index (χ0v) is 21.9. The van der Waals surface area contributed by atoms with Crippen LogP contribution in [0.25, 0.3) is 0 Å². The fourth-order valence-corrected chi connectivity index (χ4v) is 4.38. The number of carbonyl (C=O) groups is 1. The summed E-state index contributed by atoms with van der Waals surface area (Å²) in [5.41, 5.74) is 8.98. The molecule has 10 heteroatoms. The predicted molar refractivity (Wildman–Crippen MR) is 149 cm³/mol. The first-order valence-electron chi connectivity index (χ1n) is 12.4. The van der Waals surface area contributed by atoms with Crippen LogP contribution < -0.4 is 20.8 Å². The maximum Gasteiger partial charge on any atom is 0.284 e. The van der Waals surface area contributed by atoms with Crippen LogP contribution in [0.3, 0.4) is 0 Å². The zero-order valence-electron chi connectivity index (χ0n) is 21.1. The Labute approximate surface area is 226 Å². The minimum absolute atomic E-state index is 0.179. The second-order valence-corrected chi connectivity index (χ2v) is 9.31. The number of aromatic amines is 1. The van der Waals surface area contributed by atoms with Gasteiger partial charge in [-0.3, -0.25) is 9.69 Å². The average Bonchev–Trinajstić information content (AvgIpc) is 3.53. The quantitative estimate of drug-likeness (QED) is 0.190. The van der Waals surface area contributed by atoms with Crippen molar-refractivity contribution < 1.29 is 18.9 Å². The Kier molecular flexibility index (Phi) is 9.29. The largest absolute Gasteiger partial charge is 0.487 e. The van der Waals surface area contributed by atoms with Crippen molar-refractivity contribution in [1.82, 2.24) is 9.88 Å². The van der Waals surface area contributed by atoms with Crippen molar-refractivity contribution in [3.63, 3.8) is 0 Å². The summed E-state index contributed by atoms with van der Waals surface area (Å²) in [4.78, 5) is 25.5. The fraction of sp³-hybridized carbons (Fsp3) is 0.250. The van der Waals surface area contributed by atoms with Gasteiger partial charge in [0.25, 0.3) is 5.84 Å². The first-order valence-corrected chi connectivity index (χ1v) is 12.7. The first-order chi connectivity index (χ1) is 18.4. The number of anilines is 1. The Morgan fingerprint density at radius 2 is 2.11 bits per heavy atom. The molecule has 0 atom stereocenters. The first kappa shape index (κ1) is 27.1. The molecule has 5 N–H and O–H groups in total. The van der Waals surface area contributed by atoms with E-state index in [1.165, 1.54) is 31.3 Å². The van der Waals surface area contributed by atoms with Gasteiger partial charge in [-0.25, -0.2) is 9.38 Å². The SMILES string of the molecule is Cc1c(NC(=O)/C=C/CN2CCCC2)c[nH]c1C(=Nc1ccc(OCc2cccc(F)c2)c(Cl)c1)[NH+]=CN. The van der Waals surface area contributed by atoms with Crippen molar-refractivity contribution >= 4 is 41.1 Å². The maximum atomic E-state index is 13.4. The van der Waals surface area contributed by atoms with Gasteiger partial charge in [0.2, 0.25) is 5.91 Å². The third-order valence-corrected chi connectivity index (χ3v) is 6.42. The third kappa shape index (κ3) is 7.30. The van der Waals surface area contributed by atoms with Gasteiger partial charge in [0.1, 0.15) is 29.6 Å². The number of hydrogen-bond donors (Lipinski definition) is 4. The molecule has 1 aliphatic rings. The van der Waals surface area contributed by atoms with Crippen LogP contribution in [-0.4, -0.2) is 47.6 Å². The van der Waals surface area contributed by atoms with Crippen molar-refractivity contribution in [3.8, 4) is 5.75 Å². The molecule has 0 aliphatic carbocycles. The molecule has 1 aliphatic heterocycles. The topological polar surface area (TPSA) is 110 Å². The number of nitrogens with two attached hydrogens (primary N) is 1. The average molecular weight is 538 g/mol. The van der Waals surface area contributed by atoms with Gasteiger partial charge in [0, 0.05) is 30.4 Å². The van der Waals surface area contributed by atoms with E-state index in [2.05, 4.69) is 25.2 Å². The number of nitrogens with one attached hydrogen (secondary N) is 3. The molecular weight excluding hydrogens is 507 g/mol. The molecule has 2 heterocycles. The van der Waals surface area contributed by atoms with Crippen molar-refractivity contribution in [2.45, 2.75) is 26.4 Å². The summed E-state index contributed by atoms with van der Waals surface area (Å²) in [5, 5.41) is 3.26. The molecule has 1 saturated heterocycles. The standard InChI is InChI=1S/C28H30ClFN6O2/c1-19-24(35-26(37)8-5-13-36-11-2-3-12-36)16-32-27(19)28(33-18-31)34-22-9-10-25(23(29)15-22)38-17-20-6-4-7-21(30)14-20/h4-10,14-16,18,32H,2-3,11-13,17H2,1H3,(H,35,37)(H2,31,33,34)/p+1/b8-5+. The summed E-state index contributed by atoms with van der Waals surface area (Å²) in [6.07, 6.45) is 8.85. The van der Waals surface area contributed by atoms with E-state index < -0.39 is 0 Å². The number of benzene rings is 2. The minimum Gasteiger partial charge on any atom is -0.487 e. The summed E-state index contributed by atoms with van der Waals surface area (Å²) in [5.74, 6) is 0.374. The molecule has 3 aromatic rings. The van der Waals surface area contributed by atoms with Gasteiger partial charge in [0.15, 0.2) is 6.34 Å². The lowest BCUT2D eigenvalue weighted by Gasteiger charge is -2.10. The molecule has 0 radical (unpaired) electrons. The highest BCUT2D eigenvalue weighted by atomic mass is 35.5. The number of amidine groups is 1. The highest BCUT2D eigenvalue weighted by Crippen LogP contribution is 2.30. The molecule has 0 spiro atoms. The molecule has 0 bridgehead atoms. The summed E-state index contributed by atoms with van der Waals surface area (Å²) < 4.78 is 19.1. The van der Waals surface area contributed by atoms with Crippen LogP contribution in [0, 0.1) is 12.7 Å². The Morgan fingerprint density at radius 1 is 1.29 bits per heavy atom. The van der Waals surface area contributed by atoms with Gasteiger partial charge in [-0.15, -0.1) is 4.99 Å². The highest BCUT2D eigenvalue weighted by molar-refractivity contribution is 6.32. The van der Waals surface area contributed by atoms with E-state index >= 15 is 0 Å². The number of carbonyl (C=O) groups excluding carboxylic acids is 1. The number of rotatable bonds is 9. The van der Waals surface area contributed by atoms with Gasteiger partial charge >= 0.3 is 0 Å². The number of hydrogen-bond acceptors (Lipinski definition) is 4. The van der Waals surface area contributed by atoms with Gasteiger partial charge in [-0.1, -0.05) is 29.8 Å². The van der Waals surface area contributed by atoms with Gasteiger partial charge in [-0.05, 0) is 62.7 Å². The molecule has 1 amide bonds. The summed E-state index contributed by atoms with van der Waals surface area (Å²) in [7, 11) is 0. The summed E-state index contributed by atoms with van der Waals surface area (Å²) >= 11 is 6.42. The van der Waals surface area contributed by atoms with E-state index in [0.717, 1.165) is 25.2 Å². The molecular formula is C28H31ClFN6O2+. The number of halogens is 2. The lowest BCUT2D eigenvalue weighted by Crippen LogP contribution is -2.75. The minimum atomic E-state index is -0.324. The molecule has 0 unspecified atom stereocenters. The van der Waals surface area contributed by atoms with E-state index in [-0.39, 0.29) is 18.3 Å². The Bertz CT molecular complexity index is 1360. The molecule has 198 valence electrons. The number of H-pyrrole nitrogens is 1. The third-order valence-electron chi connectivity index (χ3n) is 6.13. The van der Waals surface area contributed by atoms with Gasteiger partial charge < -0.3 is 20.8 Å². The predicted octanol–water partition coefficient (Wildman–Crippen LogP) is 3.43. The number of aromatic nitrogens is 1. The number of amides is 1. The second kappa shape index (κ2) is 13.0. The number of nitrogens with zero attached hydrogens (tertiary/aromatic N) is 2. The summed E-state index contributed by atoms with van der Waals surface area (Å²) in [6, 6.07) is 11.3. The smallest absolute Gasteiger partial charge is 0.284 e. The van der Waals surface area contributed by atoms with Crippen LogP contribution in [0.5, 0.6) is 5.75 Å². The molecule has 8 nitrogen and oxygen atoms in total. The Balaban J connectivity index is 1.44. The van der Waals surface area contributed by atoms with Crippen molar-refractivity contribution in [2.24, 2.45) is 10.7 Å². The number of likely N-dealkylation sites (tertiary alicyclic amines) is 1. The van der Waals surface area contributed by atoms with Crippen LogP contribution in [0.4, 0.5) is 15.8 Å². The number of aliphatic imine (C=N–C) groups is 1. The van der Waals surface area contributed by atoms with E-state index in [1.807, 2.05) is 13.0 Å². The highest BCUT2D eigenvalue weighted by Gasteiger charge is 2.17. The lowest BCUT2D eigenvalue weighted by atomic mass is 10.2. The zero-order chi connectivity index (χ0) is 26.9. The van der Waals surface area contributed by atoms with Crippen molar-refractivity contribution in [2.75, 3.05) is 25.0 Å². The molecule has 2 aromatic carbocycles. The molecule has 1 fully saturated rings. The van der Waals surface area contributed by atoms with E-state index in [4.69, 9.17) is 22.1 Å². The van der Waals surface area contributed by atoms with Gasteiger partial charge in [0.05, 0.1) is 10.7 Å². The Morgan fingerprint density at radius 3 is 2.84 bits per heavy atom. The van der Waals surface area contributed by atoms with Crippen molar-refractivity contribution in [1.29, 1.82) is 0 Å². The van der Waals surface area contributed by atoms with Crippen LogP contribution in [0.15, 0.2) is 65.8 Å². The maximum absolute atomic E-state index is 13.4. The molecule has 38 heavy (non-hydrogen) atoms. The van der Waals surface area contributed by atoms with Crippen LogP contribution in [0.1, 0.15) is 29.7 Å². The lowest BCUT2D eigenvalue weighted by molar-refractivity contribution is -0.309. The van der Waals surface area contributed by atoms with Crippen LogP contribution in [-0.2, 0) is 11.4 Å². The van der Waals surface area contributed by atoms with E-state index in [0.29, 0.717) is 39.2 Å². The monoisotopic (exact) mass is 537 g/mol. The molecule has 1 aromatic heterocycles. The van der Waals surface area contributed by atoms with Gasteiger partial charge in [-0.2, -0.15) is 0 Å². The normalized spacial score (nSPS) is 14.6. The number of ether oxygens (including phenoxy) is 1. The van der Waals surface area contributed by atoms with E-state index in [1.54, 1.807) is 42.6 Å². The fourth-order valence-electron chi connectivity index (χ4n) is 4.15. The van der Waals surface area contributed by atoms with Crippen molar-refractivity contribution in [3.05, 3.63) is 88.5 Å². The summed E-state index contributed by atoms with van der Waals surface area (Å²) in [6.45, 7) is 4.98. The van der Waals surface area contributed by atoms with E-state index in [9.17, 15) is 9.18 Å². The van der Waals surface area contributed by atoms with Crippen LogP contribution >= 0.6 is 11.6 Å². The Hall–Kier alpha value is -3.95. The molecule has 0 saturated carbocycles. The second-order valence-electron chi connectivity index (χ2n) is 8.91. The van der Waals surface area contributed by atoms with Crippen LogP contribution in [0.2, 0.25) is 5.02 Å².